The van der Waals surface area contributed by atoms with Gasteiger partial charge in [0.15, 0.2) is 5.60 Å². The van der Waals surface area contributed by atoms with Gasteiger partial charge < -0.3 is 14.3 Å². The van der Waals surface area contributed by atoms with Crippen molar-refractivity contribution in [3.05, 3.63) is 53.3 Å². The Hall–Kier alpha value is -2.93. The summed E-state index contributed by atoms with van der Waals surface area (Å²) >= 11 is 0. The minimum absolute atomic E-state index is 0.0295. The standard InChI is InChI=1S/C31H37FN2O4/c1-3-37-29-15-27(21-10-12-25(32)13-11-21)26(20-4-5-20)14-24(29)17-34-18-31(19-34)16-28(33-38-31)22-6-8-23(9-7-22)30(35)36-2/h10-15,20,22-23H,3-9,16-19H2,1-2H3/t22-,23-. The zero-order chi connectivity index (χ0) is 26.3. The summed E-state index contributed by atoms with van der Waals surface area (Å²) in [6.45, 7) is 5.12. The zero-order valence-electron chi connectivity index (χ0n) is 22.4. The van der Waals surface area contributed by atoms with Gasteiger partial charge in [0.2, 0.25) is 0 Å². The van der Waals surface area contributed by atoms with Crippen LogP contribution in [0.2, 0.25) is 0 Å². The predicted molar refractivity (Wildman–Crippen MR) is 144 cm³/mol. The van der Waals surface area contributed by atoms with Crippen molar-refractivity contribution < 1.29 is 23.5 Å². The molecule has 0 unspecified atom stereocenters. The van der Waals surface area contributed by atoms with Crippen molar-refractivity contribution in [2.24, 2.45) is 17.0 Å². The van der Waals surface area contributed by atoms with Crippen molar-refractivity contribution >= 4 is 11.7 Å². The molecule has 2 heterocycles. The molecule has 2 aliphatic heterocycles. The second-order valence-electron chi connectivity index (χ2n) is 11.5. The number of carbonyl (C=O) groups is 1. The maximum absolute atomic E-state index is 13.6. The van der Waals surface area contributed by atoms with E-state index in [1.54, 1.807) is 0 Å². The predicted octanol–water partition coefficient (Wildman–Crippen LogP) is 6.08. The fourth-order valence-electron chi connectivity index (χ4n) is 6.56. The third-order valence-corrected chi connectivity index (χ3v) is 8.72. The average molecular weight is 521 g/mol. The van der Waals surface area contributed by atoms with Crippen LogP contribution in [0, 0.1) is 17.7 Å². The molecule has 0 bridgehead atoms. The van der Waals surface area contributed by atoms with Gasteiger partial charge in [0, 0.05) is 37.5 Å². The number of hydrogen-bond acceptors (Lipinski definition) is 6. The van der Waals surface area contributed by atoms with E-state index in [0.717, 1.165) is 68.6 Å². The second kappa shape index (κ2) is 10.3. The molecule has 1 spiro atoms. The second-order valence-corrected chi connectivity index (χ2v) is 11.5. The van der Waals surface area contributed by atoms with Gasteiger partial charge in [-0.1, -0.05) is 17.3 Å². The van der Waals surface area contributed by atoms with Gasteiger partial charge in [0.05, 0.1) is 25.3 Å². The van der Waals surface area contributed by atoms with Crippen molar-refractivity contribution in [1.82, 2.24) is 4.90 Å². The number of esters is 1. The Morgan fingerprint density at radius 2 is 1.79 bits per heavy atom. The van der Waals surface area contributed by atoms with Gasteiger partial charge in [0.1, 0.15) is 11.6 Å². The first kappa shape index (κ1) is 25.4. The summed E-state index contributed by atoms with van der Waals surface area (Å²) in [7, 11) is 1.47. The van der Waals surface area contributed by atoms with Crippen molar-refractivity contribution in [1.29, 1.82) is 0 Å². The number of oxime groups is 1. The van der Waals surface area contributed by atoms with Gasteiger partial charge in [-0.25, -0.2) is 4.39 Å². The highest BCUT2D eigenvalue weighted by Crippen LogP contribution is 2.47. The number of methoxy groups -OCH3 is 1. The molecule has 2 aliphatic carbocycles. The lowest BCUT2D eigenvalue weighted by Crippen LogP contribution is -2.61. The van der Waals surface area contributed by atoms with E-state index >= 15 is 0 Å². The van der Waals surface area contributed by atoms with E-state index in [2.05, 4.69) is 22.2 Å². The van der Waals surface area contributed by atoms with Crippen LogP contribution in [0.3, 0.4) is 0 Å². The molecule has 0 N–H and O–H groups in total. The summed E-state index contributed by atoms with van der Waals surface area (Å²) < 4.78 is 24.6. The van der Waals surface area contributed by atoms with Gasteiger partial charge in [0.25, 0.3) is 0 Å². The number of carbonyl (C=O) groups excluding carboxylic acids is 1. The topological polar surface area (TPSA) is 60.4 Å². The van der Waals surface area contributed by atoms with Gasteiger partial charge in [-0.2, -0.15) is 0 Å². The zero-order valence-corrected chi connectivity index (χ0v) is 22.4. The first-order valence-corrected chi connectivity index (χ1v) is 14.1. The molecule has 6 rings (SSSR count). The molecule has 0 radical (unpaired) electrons. The lowest BCUT2D eigenvalue weighted by Gasteiger charge is -2.45. The van der Waals surface area contributed by atoms with Gasteiger partial charge in [-0.15, -0.1) is 0 Å². The molecule has 0 amide bonds. The normalized spacial score (nSPS) is 24.4. The van der Waals surface area contributed by atoms with Crippen LogP contribution < -0.4 is 4.74 Å². The highest BCUT2D eigenvalue weighted by atomic mass is 19.1. The minimum atomic E-state index is -0.217. The summed E-state index contributed by atoms with van der Waals surface area (Å²) in [6.07, 6.45) is 6.97. The van der Waals surface area contributed by atoms with Crippen LogP contribution in [-0.4, -0.2) is 49.0 Å². The Kier molecular flexibility index (Phi) is 6.89. The van der Waals surface area contributed by atoms with Crippen molar-refractivity contribution in [2.45, 2.75) is 69.9 Å². The largest absolute Gasteiger partial charge is 0.494 e. The summed E-state index contributed by atoms with van der Waals surface area (Å²) in [6, 6.07) is 11.3. The van der Waals surface area contributed by atoms with E-state index in [1.165, 1.54) is 48.9 Å². The molecule has 6 nitrogen and oxygen atoms in total. The maximum Gasteiger partial charge on any atom is 0.308 e. The Morgan fingerprint density at radius 3 is 2.45 bits per heavy atom. The molecule has 0 aromatic heterocycles. The molecular formula is C31H37FN2O4. The van der Waals surface area contributed by atoms with Crippen LogP contribution in [-0.2, 0) is 20.9 Å². The molecular weight excluding hydrogens is 483 g/mol. The monoisotopic (exact) mass is 520 g/mol. The lowest BCUT2D eigenvalue weighted by atomic mass is 9.76. The maximum atomic E-state index is 13.6. The number of benzene rings is 2. The molecule has 4 aliphatic rings. The van der Waals surface area contributed by atoms with Crippen LogP contribution >= 0.6 is 0 Å². The van der Waals surface area contributed by atoms with Gasteiger partial charge in [-0.05, 0) is 92.3 Å². The van der Waals surface area contributed by atoms with E-state index in [4.69, 9.17) is 14.3 Å². The minimum Gasteiger partial charge on any atom is -0.494 e. The van der Waals surface area contributed by atoms with Gasteiger partial charge in [-0.3, -0.25) is 9.69 Å². The lowest BCUT2D eigenvalue weighted by molar-refractivity contribution is -0.146. The third kappa shape index (κ3) is 5.05. The van der Waals surface area contributed by atoms with Crippen LogP contribution in [0.15, 0.2) is 41.6 Å². The molecule has 38 heavy (non-hydrogen) atoms. The number of ether oxygens (including phenoxy) is 2. The Balaban J connectivity index is 1.11. The van der Waals surface area contributed by atoms with Crippen LogP contribution in [0.1, 0.15) is 68.9 Å². The number of likely N-dealkylation sites (tertiary alicyclic amines) is 1. The molecule has 2 saturated carbocycles. The van der Waals surface area contributed by atoms with E-state index in [1.807, 2.05) is 19.1 Å². The highest BCUT2D eigenvalue weighted by molar-refractivity contribution is 5.89. The first-order chi connectivity index (χ1) is 18.5. The molecule has 202 valence electrons. The number of hydrogen-bond donors (Lipinski definition) is 0. The van der Waals surface area contributed by atoms with Gasteiger partial charge >= 0.3 is 5.97 Å². The molecule has 3 fully saturated rings. The molecule has 7 heteroatoms. The van der Waals surface area contributed by atoms with Crippen molar-refractivity contribution in [3.63, 3.8) is 0 Å². The summed E-state index contributed by atoms with van der Waals surface area (Å²) in [5, 5.41) is 4.53. The van der Waals surface area contributed by atoms with Crippen molar-refractivity contribution in [3.8, 4) is 16.9 Å². The summed E-state index contributed by atoms with van der Waals surface area (Å²) in [4.78, 5) is 20.3. The van der Waals surface area contributed by atoms with E-state index in [9.17, 15) is 9.18 Å². The van der Waals surface area contributed by atoms with Crippen LogP contribution in [0.4, 0.5) is 4.39 Å². The van der Waals surface area contributed by atoms with E-state index < -0.39 is 0 Å². The van der Waals surface area contributed by atoms with Crippen LogP contribution in [0.5, 0.6) is 5.75 Å². The Bertz CT molecular complexity index is 1210. The molecule has 1 saturated heterocycles. The fraction of sp³-hybridized carbons (Fsp3) is 0.548. The van der Waals surface area contributed by atoms with Crippen molar-refractivity contribution in [2.75, 3.05) is 26.8 Å². The Morgan fingerprint density at radius 1 is 1.08 bits per heavy atom. The first-order valence-electron chi connectivity index (χ1n) is 14.1. The Labute approximate surface area is 224 Å². The average Bonchev–Trinajstić information content (AvgIpc) is 3.67. The van der Waals surface area contributed by atoms with E-state index in [0.29, 0.717) is 18.4 Å². The number of halogens is 1. The number of rotatable bonds is 8. The molecule has 0 atom stereocenters. The molecule has 2 aromatic rings. The third-order valence-electron chi connectivity index (χ3n) is 8.72. The molecule has 2 aromatic carbocycles. The number of nitrogens with zero attached hydrogens (tertiary/aromatic N) is 2. The SMILES string of the molecule is CCOc1cc(-c2ccc(F)cc2)c(C2CC2)cc1CN1CC2(CC([C@H]3CC[C@H](C(=O)OC)CC3)=NO2)C1. The highest BCUT2D eigenvalue weighted by Gasteiger charge is 2.51. The van der Waals surface area contributed by atoms with Crippen LogP contribution in [0.25, 0.3) is 11.1 Å². The summed E-state index contributed by atoms with van der Waals surface area (Å²) in [5.41, 5.74) is 5.69. The smallest absolute Gasteiger partial charge is 0.308 e. The fourth-order valence-corrected chi connectivity index (χ4v) is 6.56. The quantitative estimate of drug-likeness (QED) is 0.395. The van der Waals surface area contributed by atoms with E-state index in [-0.39, 0.29) is 23.3 Å². The summed E-state index contributed by atoms with van der Waals surface area (Å²) in [5.74, 6) is 1.61.